The van der Waals surface area contributed by atoms with Gasteiger partial charge in [0, 0.05) is 15.6 Å². The molecule has 0 N–H and O–H groups in total. The van der Waals surface area contributed by atoms with Crippen LogP contribution in [-0.2, 0) is 4.74 Å². The van der Waals surface area contributed by atoms with Gasteiger partial charge in [0.05, 0.1) is 17.2 Å². The van der Waals surface area contributed by atoms with Crippen LogP contribution in [0.4, 0.5) is 0 Å². The molecule has 1 fully saturated rings. The fraction of sp³-hybridized carbons (Fsp3) is 0.500. The average molecular weight is 397 g/mol. The maximum absolute atomic E-state index is 6.14. The molecule has 112 valence electrons. The molecule has 1 unspecified atom stereocenters. The van der Waals surface area contributed by atoms with Gasteiger partial charge in [-0.3, -0.25) is 0 Å². The summed E-state index contributed by atoms with van der Waals surface area (Å²) in [5, 5.41) is 4.68. The molecule has 1 aliphatic rings. The van der Waals surface area contributed by atoms with Crippen LogP contribution in [0.15, 0.2) is 30.6 Å². The van der Waals surface area contributed by atoms with Crippen LogP contribution >= 0.6 is 22.6 Å². The fourth-order valence-corrected chi connectivity index (χ4v) is 3.46. The zero-order valence-electron chi connectivity index (χ0n) is 12.8. The zero-order chi connectivity index (χ0) is 15.3. The van der Waals surface area contributed by atoms with E-state index in [1.807, 2.05) is 11.0 Å². The molecule has 0 aliphatic carbocycles. The molecule has 0 saturated carbocycles. The van der Waals surface area contributed by atoms with Crippen molar-refractivity contribution in [2.75, 3.05) is 0 Å². The van der Waals surface area contributed by atoms with Crippen molar-refractivity contribution in [3.05, 3.63) is 34.2 Å². The molecular weight excluding hydrogens is 377 g/mol. The molecule has 1 saturated heterocycles. The van der Waals surface area contributed by atoms with E-state index in [2.05, 4.69) is 84.6 Å². The Morgan fingerprint density at radius 1 is 1.19 bits per heavy atom. The molecule has 4 nitrogen and oxygen atoms in total. The van der Waals surface area contributed by atoms with Crippen molar-refractivity contribution in [3.63, 3.8) is 0 Å². The van der Waals surface area contributed by atoms with E-state index in [4.69, 9.17) is 4.74 Å². The monoisotopic (exact) mass is 397 g/mol. The van der Waals surface area contributed by atoms with Crippen LogP contribution in [-0.4, -0.2) is 26.0 Å². The van der Waals surface area contributed by atoms with Gasteiger partial charge >= 0.3 is 0 Å². The minimum atomic E-state index is -0.236. The standard InChI is InChI=1S/C16H20IN3O/c1-15(2)9-13(16(3,4)21-15)20-10-18-14(19-20)11-5-7-12(17)8-6-11/h5-8,10,13H,9H2,1-4H3. The zero-order valence-corrected chi connectivity index (χ0v) is 15.0. The van der Waals surface area contributed by atoms with Gasteiger partial charge in [0.15, 0.2) is 5.82 Å². The normalized spacial score (nSPS) is 23.4. The van der Waals surface area contributed by atoms with Crippen molar-refractivity contribution < 1.29 is 4.74 Å². The summed E-state index contributed by atoms with van der Waals surface area (Å²) in [6.45, 7) is 8.51. The Morgan fingerprint density at radius 2 is 1.86 bits per heavy atom. The van der Waals surface area contributed by atoms with Gasteiger partial charge in [-0.15, -0.1) is 0 Å². The van der Waals surface area contributed by atoms with Gasteiger partial charge < -0.3 is 4.74 Å². The molecule has 0 amide bonds. The van der Waals surface area contributed by atoms with Crippen LogP contribution in [0, 0.1) is 3.57 Å². The smallest absolute Gasteiger partial charge is 0.181 e. The summed E-state index contributed by atoms with van der Waals surface area (Å²) in [6.07, 6.45) is 2.76. The Kier molecular flexibility index (Phi) is 3.60. The fourth-order valence-electron chi connectivity index (χ4n) is 3.10. The number of halogens is 1. The van der Waals surface area contributed by atoms with Gasteiger partial charge in [-0.1, -0.05) is 12.1 Å². The first-order valence-electron chi connectivity index (χ1n) is 7.14. The summed E-state index contributed by atoms with van der Waals surface area (Å²) in [5.41, 5.74) is 0.689. The number of ether oxygens (including phenoxy) is 1. The molecule has 21 heavy (non-hydrogen) atoms. The predicted octanol–water partition coefficient (Wildman–Crippen LogP) is 4.07. The first-order chi connectivity index (χ1) is 9.77. The van der Waals surface area contributed by atoms with Crippen LogP contribution in [0.25, 0.3) is 11.4 Å². The average Bonchev–Trinajstić information content (AvgIpc) is 2.92. The van der Waals surface area contributed by atoms with E-state index in [1.54, 1.807) is 0 Å². The maximum atomic E-state index is 6.14. The van der Waals surface area contributed by atoms with Crippen LogP contribution < -0.4 is 0 Å². The Morgan fingerprint density at radius 3 is 2.43 bits per heavy atom. The number of aromatic nitrogens is 3. The van der Waals surface area contributed by atoms with E-state index in [-0.39, 0.29) is 17.2 Å². The topological polar surface area (TPSA) is 39.9 Å². The molecule has 1 aromatic heterocycles. The minimum absolute atomic E-state index is 0.122. The molecule has 1 aromatic carbocycles. The van der Waals surface area contributed by atoms with Gasteiger partial charge in [-0.2, -0.15) is 5.10 Å². The number of rotatable bonds is 2. The van der Waals surface area contributed by atoms with Gasteiger partial charge in [-0.25, -0.2) is 9.67 Å². The second-order valence-corrected chi connectivity index (χ2v) is 7.99. The third-order valence-electron chi connectivity index (χ3n) is 3.96. The van der Waals surface area contributed by atoms with E-state index in [1.165, 1.54) is 3.57 Å². The summed E-state index contributed by atoms with van der Waals surface area (Å²) in [7, 11) is 0. The number of nitrogens with zero attached hydrogens (tertiary/aromatic N) is 3. The summed E-state index contributed by atoms with van der Waals surface area (Å²) in [6, 6.07) is 8.46. The summed E-state index contributed by atoms with van der Waals surface area (Å²) in [4.78, 5) is 4.47. The Hall–Kier alpha value is -0.950. The number of hydrogen-bond acceptors (Lipinski definition) is 3. The van der Waals surface area contributed by atoms with E-state index in [9.17, 15) is 0 Å². The Labute approximate surface area is 139 Å². The first-order valence-corrected chi connectivity index (χ1v) is 8.22. The van der Waals surface area contributed by atoms with Crippen LogP contribution in [0.2, 0.25) is 0 Å². The molecule has 0 radical (unpaired) electrons. The molecule has 3 rings (SSSR count). The third kappa shape index (κ3) is 2.99. The highest BCUT2D eigenvalue weighted by atomic mass is 127. The largest absolute Gasteiger partial charge is 0.367 e. The van der Waals surface area contributed by atoms with E-state index >= 15 is 0 Å². The minimum Gasteiger partial charge on any atom is -0.367 e. The van der Waals surface area contributed by atoms with Gasteiger partial charge in [0.1, 0.15) is 6.33 Å². The number of benzene rings is 1. The molecular formula is C16H20IN3O. The van der Waals surface area contributed by atoms with E-state index in [0.717, 1.165) is 17.8 Å². The quantitative estimate of drug-likeness (QED) is 0.718. The lowest BCUT2D eigenvalue weighted by Gasteiger charge is -2.26. The predicted molar refractivity (Wildman–Crippen MR) is 91.1 cm³/mol. The lowest BCUT2D eigenvalue weighted by Crippen LogP contribution is -2.31. The van der Waals surface area contributed by atoms with Gasteiger partial charge in [0.25, 0.3) is 0 Å². The molecule has 5 heteroatoms. The molecule has 0 spiro atoms. The van der Waals surface area contributed by atoms with Crippen LogP contribution in [0.3, 0.4) is 0 Å². The molecule has 1 atom stereocenters. The number of hydrogen-bond donors (Lipinski definition) is 0. The molecule has 2 aromatic rings. The summed E-state index contributed by atoms with van der Waals surface area (Å²) < 4.78 is 9.32. The second-order valence-electron chi connectivity index (χ2n) is 6.74. The molecule has 0 bridgehead atoms. The van der Waals surface area contributed by atoms with E-state index < -0.39 is 0 Å². The van der Waals surface area contributed by atoms with Crippen molar-refractivity contribution in [1.82, 2.24) is 14.8 Å². The van der Waals surface area contributed by atoms with Crippen molar-refractivity contribution in [1.29, 1.82) is 0 Å². The van der Waals surface area contributed by atoms with Crippen LogP contribution in [0.5, 0.6) is 0 Å². The van der Waals surface area contributed by atoms with Crippen molar-refractivity contribution >= 4 is 22.6 Å². The van der Waals surface area contributed by atoms with Gasteiger partial charge in [-0.05, 0) is 62.4 Å². The lowest BCUT2D eigenvalue weighted by atomic mass is 9.95. The van der Waals surface area contributed by atoms with Crippen LogP contribution in [0.1, 0.15) is 40.2 Å². The molecule has 2 heterocycles. The van der Waals surface area contributed by atoms with Crippen molar-refractivity contribution in [3.8, 4) is 11.4 Å². The van der Waals surface area contributed by atoms with Crippen molar-refractivity contribution in [2.45, 2.75) is 51.4 Å². The van der Waals surface area contributed by atoms with Gasteiger partial charge in [0.2, 0.25) is 0 Å². The highest BCUT2D eigenvalue weighted by Gasteiger charge is 2.47. The Balaban J connectivity index is 1.90. The SMILES string of the molecule is CC1(C)CC(n2cnc(-c3ccc(I)cc3)n2)C(C)(C)O1. The second kappa shape index (κ2) is 5.05. The summed E-state index contributed by atoms with van der Waals surface area (Å²) >= 11 is 2.30. The maximum Gasteiger partial charge on any atom is 0.181 e. The Bertz CT molecular complexity index is 646. The van der Waals surface area contributed by atoms with E-state index in [0.29, 0.717) is 0 Å². The highest BCUT2D eigenvalue weighted by molar-refractivity contribution is 14.1. The molecule has 1 aliphatic heterocycles. The summed E-state index contributed by atoms with van der Waals surface area (Å²) in [5.74, 6) is 0.770. The highest BCUT2D eigenvalue weighted by Crippen LogP contribution is 2.44. The third-order valence-corrected chi connectivity index (χ3v) is 4.68. The van der Waals surface area contributed by atoms with Crippen molar-refractivity contribution in [2.24, 2.45) is 0 Å². The first kappa shape index (κ1) is 15.0. The lowest BCUT2D eigenvalue weighted by molar-refractivity contribution is -0.0737.